The fourth-order valence-corrected chi connectivity index (χ4v) is 1.64. The number of halogens is 1. The second kappa shape index (κ2) is 3.35. The average Bonchev–Trinajstić information content (AvgIpc) is 2.49. The highest BCUT2D eigenvalue weighted by Gasteiger charge is 2.10. The molecule has 0 spiro atoms. The fourth-order valence-electron chi connectivity index (χ4n) is 1.40. The Morgan fingerprint density at radius 2 is 2.36 bits per heavy atom. The van der Waals surface area contributed by atoms with Crippen molar-refractivity contribution in [2.45, 2.75) is 6.42 Å². The molecular formula is C10H9ClN2O. The van der Waals surface area contributed by atoms with Gasteiger partial charge in [-0.1, -0.05) is 22.8 Å². The van der Waals surface area contributed by atoms with Gasteiger partial charge in [0.25, 0.3) is 0 Å². The van der Waals surface area contributed by atoms with Gasteiger partial charge in [-0.25, -0.2) is 0 Å². The monoisotopic (exact) mass is 208 g/mol. The second-order valence-electron chi connectivity index (χ2n) is 3.00. The van der Waals surface area contributed by atoms with E-state index in [-0.39, 0.29) is 0 Å². The van der Waals surface area contributed by atoms with Gasteiger partial charge < -0.3 is 10.3 Å². The van der Waals surface area contributed by atoms with Crippen molar-refractivity contribution in [2.24, 2.45) is 0 Å². The Kier molecular flexibility index (Phi) is 2.17. The number of hydrogen-bond acceptors (Lipinski definition) is 3. The van der Waals surface area contributed by atoms with E-state index in [1.54, 1.807) is 12.1 Å². The molecule has 2 rings (SSSR count). The maximum absolute atomic E-state index is 5.93. The van der Waals surface area contributed by atoms with Crippen LogP contribution in [0.2, 0.25) is 5.02 Å². The van der Waals surface area contributed by atoms with E-state index < -0.39 is 0 Å². The Morgan fingerprint density at radius 3 is 3.07 bits per heavy atom. The van der Waals surface area contributed by atoms with Gasteiger partial charge in [0.15, 0.2) is 11.4 Å². The average molecular weight is 209 g/mol. The number of nitrogens with two attached hydrogens (primary N) is 1. The summed E-state index contributed by atoms with van der Waals surface area (Å²) in [5, 5.41) is 5.08. The number of benzene rings is 1. The van der Waals surface area contributed by atoms with Crippen LogP contribution in [-0.4, -0.2) is 5.16 Å². The normalized spacial score (nSPS) is 10.6. The second-order valence-corrected chi connectivity index (χ2v) is 3.44. The van der Waals surface area contributed by atoms with Gasteiger partial charge in [0.05, 0.1) is 5.39 Å². The number of anilines is 1. The lowest BCUT2D eigenvalue weighted by Gasteiger charge is -1.98. The molecule has 72 valence electrons. The Balaban J connectivity index is 2.74. The Hall–Kier alpha value is -1.48. The summed E-state index contributed by atoms with van der Waals surface area (Å²) < 4.78 is 5.11. The number of aromatic nitrogens is 1. The van der Waals surface area contributed by atoms with Crippen molar-refractivity contribution in [2.75, 3.05) is 5.73 Å². The first-order valence-corrected chi connectivity index (χ1v) is 4.54. The molecule has 0 radical (unpaired) electrons. The van der Waals surface area contributed by atoms with Gasteiger partial charge in [-0.2, -0.15) is 0 Å². The van der Waals surface area contributed by atoms with Crippen molar-refractivity contribution in [3.05, 3.63) is 35.4 Å². The van der Waals surface area contributed by atoms with E-state index in [4.69, 9.17) is 21.9 Å². The van der Waals surface area contributed by atoms with Crippen LogP contribution in [0.15, 0.2) is 29.3 Å². The van der Waals surface area contributed by atoms with Gasteiger partial charge in [-0.15, -0.1) is 6.58 Å². The fraction of sp³-hybridized carbons (Fsp3) is 0.100. The van der Waals surface area contributed by atoms with Gasteiger partial charge in [-0.05, 0) is 18.6 Å². The van der Waals surface area contributed by atoms with E-state index in [0.717, 1.165) is 10.9 Å². The molecular weight excluding hydrogens is 200 g/mol. The molecule has 14 heavy (non-hydrogen) atoms. The maximum atomic E-state index is 5.93. The summed E-state index contributed by atoms with van der Waals surface area (Å²) in [7, 11) is 0. The van der Waals surface area contributed by atoms with E-state index in [1.807, 2.05) is 6.07 Å². The Morgan fingerprint density at radius 1 is 1.57 bits per heavy atom. The van der Waals surface area contributed by atoms with Crippen LogP contribution >= 0.6 is 11.6 Å². The van der Waals surface area contributed by atoms with Crippen LogP contribution in [0.25, 0.3) is 11.0 Å². The molecule has 0 saturated heterocycles. The molecule has 2 N–H and O–H groups in total. The van der Waals surface area contributed by atoms with E-state index in [9.17, 15) is 0 Å². The first kappa shape index (κ1) is 9.09. The Bertz CT molecular complexity index is 490. The molecule has 0 unspecified atom stereocenters. The zero-order chi connectivity index (χ0) is 10.1. The van der Waals surface area contributed by atoms with Gasteiger partial charge in [-0.3, -0.25) is 0 Å². The van der Waals surface area contributed by atoms with Crippen LogP contribution in [0.3, 0.4) is 0 Å². The van der Waals surface area contributed by atoms with E-state index in [1.165, 1.54) is 0 Å². The highest BCUT2D eigenvalue weighted by atomic mass is 35.5. The topological polar surface area (TPSA) is 52.0 Å². The van der Waals surface area contributed by atoms with Gasteiger partial charge in [0.1, 0.15) is 0 Å². The summed E-state index contributed by atoms with van der Waals surface area (Å²) in [5.41, 5.74) is 7.26. The van der Waals surface area contributed by atoms with E-state index in [0.29, 0.717) is 22.8 Å². The molecule has 0 atom stereocenters. The number of rotatable bonds is 2. The highest BCUT2D eigenvalue weighted by Crippen LogP contribution is 2.28. The van der Waals surface area contributed by atoms with Crippen LogP contribution in [0.4, 0.5) is 5.82 Å². The zero-order valence-electron chi connectivity index (χ0n) is 7.46. The third-order valence-electron chi connectivity index (χ3n) is 2.01. The molecule has 1 aromatic heterocycles. The summed E-state index contributed by atoms with van der Waals surface area (Å²) in [6.07, 6.45) is 2.47. The molecule has 2 aromatic rings. The number of fused-ring (bicyclic) bond motifs is 1. The van der Waals surface area contributed by atoms with Gasteiger partial charge in [0.2, 0.25) is 0 Å². The summed E-state index contributed by atoms with van der Waals surface area (Å²) >= 11 is 5.93. The maximum Gasteiger partial charge on any atom is 0.174 e. The van der Waals surface area contributed by atoms with Crippen molar-refractivity contribution in [3.63, 3.8) is 0 Å². The van der Waals surface area contributed by atoms with Gasteiger partial charge >= 0.3 is 0 Å². The summed E-state index contributed by atoms with van der Waals surface area (Å²) in [4.78, 5) is 0. The molecule has 0 amide bonds. The molecule has 0 aliphatic heterocycles. The standard InChI is InChI=1S/C10H9ClN2O/c1-2-3-6-4-7(11)5-8-9(6)14-13-10(8)12/h2,4-5H,1,3H2,(H2,12,13). The predicted octanol–water partition coefficient (Wildman–Crippen LogP) is 2.79. The minimum absolute atomic E-state index is 0.368. The molecule has 3 nitrogen and oxygen atoms in total. The third kappa shape index (κ3) is 1.36. The molecule has 4 heteroatoms. The van der Waals surface area contributed by atoms with Crippen LogP contribution in [0, 0.1) is 0 Å². The van der Waals surface area contributed by atoms with Gasteiger partial charge in [0, 0.05) is 10.6 Å². The lowest BCUT2D eigenvalue weighted by Crippen LogP contribution is -1.85. The summed E-state index contributed by atoms with van der Waals surface area (Å²) in [6.45, 7) is 3.66. The van der Waals surface area contributed by atoms with Crippen molar-refractivity contribution in [1.82, 2.24) is 5.16 Å². The first-order valence-electron chi connectivity index (χ1n) is 4.16. The Labute approximate surface area is 86.1 Å². The van der Waals surface area contributed by atoms with Crippen LogP contribution < -0.4 is 5.73 Å². The quantitative estimate of drug-likeness (QED) is 0.773. The number of allylic oxidation sites excluding steroid dienone is 1. The highest BCUT2D eigenvalue weighted by molar-refractivity contribution is 6.31. The number of hydrogen-bond donors (Lipinski definition) is 1. The van der Waals surface area contributed by atoms with Crippen LogP contribution in [0.1, 0.15) is 5.56 Å². The molecule has 0 aliphatic carbocycles. The molecule has 1 aromatic carbocycles. The molecule has 0 fully saturated rings. The van der Waals surface area contributed by atoms with Crippen molar-refractivity contribution in [1.29, 1.82) is 0 Å². The van der Waals surface area contributed by atoms with E-state index >= 15 is 0 Å². The number of nitrogens with zero attached hydrogens (tertiary/aromatic N) is 1. The van der Waals surface area contributed by atoms with E-state index in [2.05, 4.69) is 11.7 Å². The lowest BCUT2D eigenvalue weighted by molar-refractivity contribution is 0.458. The molecule has 0 saturated carbocycles. The van der Waals surface area contributed by atoms with Crippen molar-refractivity contribution >= 4 is 28.4 Å². The lowest BCUT2D eigenvalue weighted by atomic mass is 10.1. The zero-order valence-corrected chi connectivity index (χ0v) is 8.21. The van der Waals surface area contributed by atoms with Crippen LogP contribution in [-0.2, 0) is 6.42 Å². The third-order valence-corrected chi connectivity index (χ3v) is 2.22. The summed E-state index contributed by atoms with van der Waals surface area (Å²) in [5.74, 6) is 0.368. The van der Waals surface area contributed by atoms with Crippen molar-refractivity contribution < 1.29 is 4.52 Å². The summed E-state index contributed by atoms with van der Waals surface area (Å²) in [6, 6.07) is 3.57. The molecule has 0 bridgehead atoms. The van der Waals surface area contributed by atoms with Crippen LogP contribution in [0.5, 0.6) is 0 Å². The molecule has 0 aliphatic rings. The largest absolute Gasteiger partial charge is 0.380 e. The molecule has 1 heterocycles. The number of nitrogen functional groups attached to an aromatic ring is 1. The first-order chi connectivity index (χ1) is 6.72. The van der Waals surface area contributed by atoms with Crippen molar-refractivity contribution in [3.8, 4) is 0 Å². The minimum atomic E-state index is 0.368. The smallest absolute Gasteiger partial charge is 0.174 e. The predicted molar refractivity (Wildman–Crippen MR) is 57.3 cm³/mol. The minimum Gasteiger partial charge on any atom is -0.380 e. The SMILES string of the molecule is C=CCc1cc(Cl)cc2c(N)noc12.